The fourth-order valence-corrected chi connectivity index (χ4v) is 2.70. The lowest BCUT2D eigenvalue weighted by Gasteiger charge is -2.22. The van der Waals surface area contributed by atoms with Crippen molar-refractivity contribution in [2.24, 2.45) is 10.9 Å². The van der Waals surface area contributed by atoms with Gasteiger partial charge in [0.1, 0.15) is 16.7 Å². The number of thiocarbonyl (C=S) groups is 1. The maximum absolute atomic E-state index is 12.0. The molecule has 1 aromatic carbocycles. The Morgan fingerprint density at radius 2 is 2.00 bits per heavy atom. The summed E-state index contributed by atoms with van der Waals surface area (Å²) in [5.74, 6) is -0.0955. The minimum atomic E-state index is -0.684. The SMILES string of the molecule is COc1ccc(C2=C(C(C)=O)C(C)=NC(=S)[C@H]2C#N)cc1. The molecule has 1 heterocycles. The average Bonchev–Trinajstić information content (AvgIpc) is 2.46. The Hall–Kier alpha value is -2.32. The molecule has 4 nitrogen and oxygen atoms in total. The zero-order valence-corrected chi connectivity index (χ0v) is 12.8. The quantitative estimate of drug-likeness (QED) is 0.805. The summed E-state index contributed by atoms with van der Waals surface area (Å²) in [5.41, 5.74) is 2.44. The third-order valence-corrected chi connectivity index (χ3v) is 3.65. The van der Waals surface area contributed by atoms with Gasteiger partial charge in [-0.2, -0.15) is 5.26 Å². The Balaban J connectivity index is 2.69. The summed E-state index contributed by atoms with van der Waals surface area (Å²) in [6, 6.07) is 9.37. The number of dihydropyridines is 1. The molecule has 106 valence electrons. The molecule has 2 rings (SSSR count). The molecule has 0 saturated heterocycles. The largest absolute Gasteiger partial charge is 0.497 e. The second-order valence-electron chi connectivity index (χ2n) is 4.67. The summed E-state index contributed by atoms with van der Waals surface area (Å²) in [5, 5.41) is 9.40. The lowest BCUT2D eigenvalue weighted by molar-refractivity contribution is -0.113. The van der Waals surface area contributed by atoms with Crippen LogP contribution in [0, 0.1) is 17.2 Å². The summed E-state index contributed by atoms with van der Waals surface area (Å²) in [4.78, 5) is 16.4. The molecule has 0 saturated carbocycles. The van der Waals surface area contributed by atoms with E-state index in [0.29, 0.717) is 27.6 Å². The number of carbonyl (C=O) groups is 1. The molecule has 0 fully saturated rings. The molecular formula is C16H14N2O2S. The van der Waals surface area contributed by atoms with Gasteiger partial charge in [-0.25, -0.2) is 4.99 Å². The van der Waals surface area contributed by atoms with Crippen LogP contribution in [-0.2, 0) is 4.79 Å². The number of nitrogens with zero attached hydrogens (tertiary/aromatic N) is 2. The standard InChI is InChI=1S/C16H14N2O2S/c1-9-14(10(2)19)15(13(8-17)16(21)18-9)11-4-6-12(20-3)7-5-11/h4-7,13H,1-3H3/t13-/m0/s1. The van der Waals surface area contributed by atoms with Crippen molar-refractivity contribution in [1.82, 2.24) is 0 Å². The molecule has 5 heteroatoms. The zero-order chi connectivity index (χ0) is 15.6. The maximum atomic E-state index is 12.0. The Morgan fingerprint density at radius 1 is 1.38 bits per heavy atom. The Bertz CT molecular complexity index is 709. The van der Waals surface area contributed by atoms with Gasteiger partial charge in [-0.05, 0) is 37.1 Å². The average molecular weight is 298 g/mol. The monoisotopic (exact) mass is 298 g/mol. The molecule has 1 aliphatic heterocycles. The van der Waals surface area contributed by atoms with Crippen molar-refractivity contribution >= 4 is 34.3 Å². The minimum absolute atomic E-state index is 0.121. The van der Waals surface area contributed by atoms with Gasteiger partial charge in [0.25, 0.3) is 0 Å². The number of nitriles is 1. The van der Waals surface area contributed by atoms with Crippen molar-refractivity contribution in [3.8, 4) is 11.8 Å². The van der Waals surface area contributed by atoms with E-state index in [-0.39, 0.29) is 5.78 Å². The van der Waals surface area contributed by atoms with Gasteiger partial charge in [0.05, 0.1) is 13.2 Å². The summed E-state index contributed by atoms with van der Waals surface area (Å²) in [6.07, 6.45) is 0. The van der Waals surface area contributed by atoms with E-state index in [1.54, 1.807) is 26.2 Å². The van der Waals surface area contributed by atoms with E-state index >= 15 is 0 Å². The Kier molecular flexibility index (Phi) is 4.29. The summed E-state index contributed by atoms with van der Waals surface area (Å²) < 4.78 is 5.13. The summed E-state index contributed by atoms with van der Waals surface area (Å²) in [6.45, 7) is 3.21. The number of methoxy groups -OCH3 is 1. The number of benzene rings is 1. The van der Waals surface area contributed by atoms with Gasteiger partial charge < -0.3 is 4.74 Å². The van der Waals surface area contributed by atoms with Crippen LogP contribution in [0.3, 0.4) is 0 Å². The highest BCUT2D eigenvalue weighted by atomic mass is 32.1. The molecule has 0 aromatic heterocycles. The van der Waals surface area contributed by atoms with E-state index < -0.39 is 5.92 Å². The van der Waals surface area contributed by atoms with Crippen LogP contribution < -0.4 is 4.74 Å². The van der Waals surface area contributed by atoms with Gasteiger partial charge in [-0.1, -0.05) is 24.4 Å². The maximum Gasteiger partial charge on any atom is 0.161 e. The Morgan fingerprint density at radius 3 is 2.48 bits per heavy atom. The number of Topliss-reactive ketones (excluding diaryl/α,β-unsaturated/α-hetero) is 1. The second kappa shape index (κ2) is 5.98. The van der Waals surface area contributed by atoms with E-state index in [4.69, 9.17) is 17.0 Å². The molecule has 0 bridgehead atoms. The predicted molar refractivity (Wildman–Crippen MR) is 85.4 cm³/mol. The molecule has 0 unspecified atom stereocenters. The first-order valence-corrected chi connectivity index (χ1v) is 6.79. The van der Waals surface area contributed by atoms with Crippen LogP contribution >= 0.6 is 12.2 Å². The van der Waals surface area contributed by atoms with Crippen LogP contribution in [0.15, 0.2) is 34.8 Å². The number of carbonyl (C=O) groups excluding carboxylic acids is 1. The van der Waals surface area contributed by atoms with Crippen LogP contribution in [0.25, 0.3) is 5.57 Å². The van der Waals surface area contributed by atoms with Gasteiger partial charge in [0.2, 0.25) is 0 Å². The van der Waals surface area contributed by atoms with E-state index in [1.807, 2.05) is 12.1 Å². The fraction of sp³-hybridized carbons (Fsp3) is 0.250. The summed E-state index contributed by atoms with van der Waals surface area (Å²) >= 11 is 5.19. The number of ether oxygens (including phenoxy) is 1. The molecule has 1 atom stereocenters. The number of hydrogen-bond donors (Lipinski definition) is 0. The fourth-order valence-electron chi connectivity index (χ4n) is 2.39. The number of hydrogen-bond acceptors (Lipinski definition) is 4. The molecule has 0 aliphatic carbocycles. The Labute approximate surface area is 128 Å². The first-order valence-electron chi connectivity index (χ1n) is 6.38. The van der Waals surface area contributed by atoms with Crippen molar-refractivity contribution in [2.75, 3.05) is 7.11 Å². The molecule has 1 aromatic rings. The molecule has 0 amide bonds. The normalized spacial score (nSPS) is 18.1. The second-order valence-corrected chi connectivity index (χ2v) is 5.09. The molecule has 0 spiro atoms. The number of aliphatic imine (C=N–C) groups is 1. The smallest absolute Gasteiger partial charge is 0.161 e. The predicted octanol–water partition coefficient (Wildman–Crippen LogP) is 2.98. The van der Waals surface area contributed by atoms with Crippen LogP contribution in [0.4, 0.5) is 0 Å². The molecular weight excluding hydrogens is 284 g/mol. The minimum Gasteiger partial charge on any atom is -0.497 e. The van der Waals surface area contributed by atoms with Crippen molar-refractivity contribution in [1.29, 1.82) is 5.26 Å². The molecule has 0 N–H and O–H groups in total. The van der Waals surface area contributed by atoms with Crippen molar-refractivity contribution in [3.05, 3.63) is 35.4 Å². The van der Waals surface area contributed by atoms with Crippen molar-refractivity contribution in [3.63, 3.8) is 0 Å². The summed E-state index contributed by atoms with van der Waals surface area (Å²) in [7, 11) is 1.58. The van der Waals surface area contributed by atoms with Gasteiger partial charge >= 0.3 is 0 Å². The number of rotatable bonds is 3. The first-order chi connectivity index (χ1) is 9.99. The van der Waals surface area contributed by atoms with Gasteiger partial charge in [0.15, 0.2) is 5.78 Å². The van der Waals surface area contributed by atoms with E-state index in [0.717, 1.165) is 5.56 Å². The zero-order valence-electron chi connectivity index (χ0n) is 12.0. The molecule has 21 heavy (non-hydrogen) atoms. The third-order valence-electron chi connectivity index (χ3n) is 3.33. The van der Waals surface area contributed by atoms with Crippen molar-refractivity contribution < 1.29 is 9.53 Å². The van der Waals surface area contributed by atoms with Crippen molar-refractivity contribution in [2.45, 2.75) is 13.8 Å². The van der Waals surface area contributed by atoms with E-state index in [1.165, 1.54) is 6.92 Å². The number of allylic oxidation sites excluding steroid dienone is 1. The van der Waals surface area contributed by atoms with Gasteiger partial charge in [-0.3, -0.25) is 4.79 Å². The lowest BCUT2D eigenvalue weighted by atomic mass is 9.84. The first kappa shape index (κ1) is 15.1. The molecule has 1 aliphatic rings. The van der Waals surface area contributed by atoms with Gasteiger partial charge in [0, 0.05) is 11.3 Å². The van der Waals surface area contributed by atoms with Crippen LogP contribution in [0.1, 0.15) is 19.4 Å². The highest BCUT2D eigenvalue weighted by Crippen LogP contribution is 2.33. The highest BCUT2D eigenvalue weighted by molar-refractivity contribution is 7.80. The topological polar surface area (TPSA) is 62.4 Å². The van der Waals surface area contributed by atoms with Gasteiger partial charge in [-0.15, -0.1) is 0 Å². The van der Waals surface area contributed by atoms with E-state index in [9.17, 15) is 10.1 Å². The van der Waals surface area contributed by atoms with Crippen LogP contribution in [0.5, 0.6) is 5.75 Å². The lowest BCUT2D eigenvalue weighted by Crippen LogP contribution is -2.24. The third kappa shape index (κ3) is 2.76. The van der Waals surface area contributed by atoms with Crippen LogP contribution in [-0.4, -0.2) is 23.6 Å². The van der Waals surface area contributed by atoms with Crippen LogP contribution in [0.2, 0.25) is 0 Å². The number of ketones is 1. The molecule has 0 radical (unpaired) electrons. The van der Waals surface area contributed by atoms with E-state index in [2.05, 4.69) is 11.1 Å². The highest BCUT2D eigenvalue weighted by Gasteiger charge is 2.31.